The van der Waals surface area contributed by atoms with Crippen LogP contribution in [0.25, 0.3) is 0 Å². The summed E-state index contributed by atoms with van der Waals surface area (Å²) in [6, 6.07) is 8.32. The largest absolute Gasteiger partial charge is 0.469 e. The van der Waals surface area contributed by atoms with E-state index in [1.54, 1.807) is 18.0 Å². The van der Waals surface area contributed by atoms with Crippen LogP contribution in [0.5, 0.6) is 0 Å². The zero-order chi connectivity index (χ0) is 23.6. The van der Waals surface area contributed by atoms with Gasteiger partial charge in [-0.25, -0.2) is 0 Å². The molecule has 10 heteroatoms. The summed E-state index contributed by atoms with van der Waals surface area (Å²) in [7, 11) is 0. The lowest BCUT2D eigenvalue weighted by Gasteiger charge is -2.39. The Bertz CT molecular complexity index is 1300. The summed E-state index contributed by atoms with van der Waals surface area (Å²) in [6.45, 7) is -0.246. The van der Waals surface area contributed by atoms with Gasteiger partial charge in [0.05, 0.1) is 27.6 Å². The van der Waals surface area contributed by atoms with E-state index in [9.17, 15) is 22.8 Å². The molecule has 2 bridgehead atoms. The van der Waals surface area contributed by atoms with E-state index >= 15 is 0 Å². The van der Waals surface area contributed by atoms with Crippen molar-refractivity contribution in [1.29, 1.82) is 0 Å². The van der Waals surface area contributed by atoms with E-state index in [4.69, 9.17) is 4.42 Å². The van der Waals surface area contributed by atoms with Crippen LogP contribution in [0.3, 0.4) is 0 Å². The van der Waals surface area contributed by atoms with Gasteiger partial charge in [0.1, 0.15) is 12.3 Å². The minimum Gasteiger partial charge on any atom is -0.469 e. The van der Waals surface area contributed by atoms with E-state index < -0.39 is 17.6 Å². The molecular weight excluding hydrogens is 485 g/mol. The molecule has 1 aliphatic heterocycles. The predicted molar refractivity (Wildman–Crippen MR) is 123 cm³/mol. The predicted octanol–water partition coefficient (Wildman–Crippen LogP) is 5.81. The lowest BCUT2D eigenvalue weighted by atomic mass is 9.77. The summed E-state index contributed by atoms with van der Waals surface area (Å²) in [4.78, 5) is 26.5. The first-order chi connectivity index (χ1) is 16.3. The molecule has 1 N–H and O–H groups in total. The summed E-state index contributed by atoms with van der Waals surface area (Å²) in [5, 5.41) is 3.68. The van der Waals surface area contributed by atoms with Gasteiger partial charge in [0.2, 0.25) is 5.91 Å². The third-order valence-corrected chi connectivity index (χ3v) is 10.1. The number of benzene rings is 1. The number of nitrogens with one attached hydrogen (secondary N) is 1. The molecule has 3 aromatic rings. The van der Waals surface area contributed by atoms with Gasteiger partial charge in [0, 0.05) is 10.9 Å². The topological polar surface area (TPSA) is 64.2 Å². The van der Waals surface area contributed by atoms with Crippen molar-refractivity contribution in [2.45, 2.75) is 48.2 Å². The van der Waals surface area contributed by atoms with Gasteiger partial charge in [0.15, 0.2) is 0 Å². The third kappa shape index (κ3) is 3.62. The molecule has 34 heavy (non-hydrogen) atoms. The fraction of sp³-hybridized carbons (Fsp3) is 0.417. The second kappa shape index (κ2) is 8.05. The van der Waals surface area contributed by atoms with Crippen molar-refractivity contribution < 1.29 is 22.4 Å². The molecule has 3 aliphatic rings. The Labute approximate surface area is 201 Å². The van der Waals surface area contributed by atoms with Gasteiger partial charge in [-0.05, 0) is 67.3 Å². The molecule has 2 aliphatic carbocycles. The second-order valence-electron chi connectivity index (χ2n) is 9.24. The van der Waals surface area contributed by atoms with Gasteiger partial charge < -0.3 is 9.73 Å². The van der Waals surface area contributed by atoms with Gasteiger partial charge in [0.25, 0.3) is 0 Å². The number of fused-ring (bicyclic) bond motifs is 6. The Morgan fingerprint density at radius 2 is 2.00 bits per heavy atom. The number of amides is 1. The number of rotatable bonds is 4. The standard InChI is InChI=1S/C24H21F3N2O3S2/c25-24(26,27)14-3-1-4-15(10-14)28-17(30)11-29-22-21(34-23(29)31)19(16-5-2-8-32-16)18-12-6-7-13(9-12)20(18)33-22/h1-5,8,10,12-13,18-20H,6-7,9,11H2,(H,28,30)/t12?,13?,18?,19-,20?/m1/s1. The minimum absolute atomic E-state index is 0.00275. The summed E-state index contributed by atoms with van der Waals surface area (Å²) < 4.78 is 46.3. The number of aromatic nitrogens is 1. The monoisotopic (exact) mass is 506 g/mol. The highest BCUT2D eigenvalue weighted by Gasteiger charge is 2.56. The van der Waals surface area contributed by atoms with Gasteiger partial charge in [-0.2, -0.15) is 13.2 Å². The molecule has 0 spiro atoms. The molecule has 2 aromatic heterocycles. The van der Waals surface area contributed by atoms with E-state index in [1.165, 1.54) is 36.0 Å². The Morgan fingerprint density at radius 3 is 2.76 bits per heavy atom. The van der Waals surface area contributed by atoms with Crippen LogP contribution < -0.4 is 10.2 Å². The quantitative estimate of drug-likeness (QED) is 0.485. The number of thioether (sulfide) groups is 1. The maximum atomic E-state index is 13.0. The van der Waals surface area contributed by atoms with Crippen molar-refractivity contribution in [2.24, 2.45) is 17.8 Å². The zero-order valence-corrected chi connectivity index (χ0v) is 19.5. The lowest BCUT2D eigenvalue weighted by Crippen LogP contribution is -2.34. The first-order valence-corrected chi connectivity index (χ1v) is 12.9. The van der Waals surface area contributed by atoms with Crippen LogP contribution >= 0.6 is 23.1 Å². The van der Waals surface area contributed by atoms with Gasteiger partial charge in [-0.15, -0.1) is 11.8 Å². The van der Waals surface area contributed by atoms with Crippen LogP contribution in [-0.2, 0) is 17.5 Å². The molecule has 0 radical (unpaired) electrons. The van der Waals surface area contributed by atoms with Crippen molar-refractivity contribution in [2.75, 3.05) is 5.32 Å². The van der Waals surface area contributed by atoms with Crippen LogP contribution in [0, 0.1) is 17.8 Å². The van der Waals surface area contributed by atoms with Crippen molar-refractivity contribution in [3.05, 3.63) is 68.5 Å². The fourth-order valence-electron chi connectivity index (χ4n) is 5.99. The number of thiazole rings is 1. The van der Waals surface area contributed by atoms with Crippen LogP contribution in [0.2, 0.25) is 0 Å². The normalized spacial score (nSPS) is 27.4. The zero-order valence-electron chi connectivity index (χ0n) is 17.9. The van der Waals surface area contributed by atoms with Crippen molar-refractivity contribution >= 4 is 34.7 Å². The molecular formula is C24H21F3N2O3S2. The number of furan rings is 1. The minimum atomic E-state index is -4.50. The fourth-order valence-corrected chi connectivity index (χ4v) is 9.12. The highest BCUT2D eigenvalue weighted by Crippen LogP contribution is 2.64. The van der Waals surface area contributed by atoms with E-state index in [0.717, 1.165) is 39.1 Å². The summed E-state index contributed by atoms with van der Waals surface area (Å²) >= 11 is 2.85. The molecule has 1 amide bonds. The summed E-state index contributed by atoms with van der Waals surface area (Å²) in [5.41, 5.74) is -0.791. The summed E-state index contributed by atoms with van der Waals surface area (Å²) in [5.74, 6) is 1.93. The maximum Gasteiger partial charge on any atom is 0.416 e. The highest BCUT2D eigenvalue weighted by atomic mass is 32.2. The maximum absolute atomic E-state index is 13.0. The van der Waals surface area contributed by atoms with Crippen molar-refractivity contribution in [3.8, 4) is 0 Å². The average Bonchev–Trinajstić information content (AvgIpc) is 3.58. The van der Waals surface area contributed by atoms with Crippen LogP contribution in [0.4, 0.5) is 18.9 Å². The molecule has 5 nitrogen and oxygen atoms in total. The first-order valence-electron chi connectivity index (χ1n) is 11.2. The summed E-state index contributed by atoms with van der Waals surface area (Å²) in [6.07, 6.45) is 0.728. The van der Waals surface area contributed by atoms with E-state index in [0.29, 0.717) is 23.0 Å². The Kier molecular flexibility index (Phi) is 5.22. The van der Waals surface area contributed by atoms with Gasteiger partial charge >= 0.3 is 11.0 Å². The molecule has 1 aromatic carbocycles. The molecule has 2 saturated carbocycles. The molecule has 5 atom stereocenters. The van der Waals surface area contributed by atoms with Crippen molar-refractivity contribution in [3.63, 3.8) is 0 Å². The Balaban J connectivity index is 1.31. The molecule has 6 rings (SSSR count). The highest BCUT2D eigenvalue weighted by molar-refractivity contribution is 8.00. The number of nitrogens with zero attached hydrogens (tertiary/aromatic N) is 1. The second-order valence-corrected chi connectivity index (χ2v) is 11.4. The van der Waals surface area contributed by atoms with E-state index in [-0.39, 0.29) is 23.0 Å². The number of halogens is 3. The smallest absolute Gasteiger partial charge is 0.416 e. The number of alkyl halides is 3. The van der Waals surface area contributed by atoms with E-state index in [1.807, 2.05) is 12.1 Å². The average molecular weight is 507 g/mol. The SMILES string of the molecule is O=C(Cn1c2c(sc1=O)[C@H](c1ccco1)C1C3CCC(C3)C1S2)Nc1cccc(C(F)(F)F)c1. The Hall–Kier alpha value is -2.46. The van der Waals surface area contributed by atoms with Crippen LogP contribution in [-0.4, -0.2) is 15.7 Å². The molecule has 4 unspecified atom stereocenters. The first kappa shape index (κ1) is 22.0. The van der Waals surface area contributed by atoms with Crippen LogP contribution in [0.1, 0.15) is 41.4 Å². The van der Waals surface area contributed by atoms with Gasteiger partial charge in [-0.3, -0.25) is 14.2 Å². The molecule has 0 saturated heterocycles. The number of hydrogen-bond donors (Lipinski definition) is 1. The number of anilines is 1. The third-order valence-electron chi connectivity index (χ3n) is 7.32. The van der Waals surface area contributed by atoms with Crippen LogP contribution in [0.15, 0.2) is 56.9 Å². The van der Waals surface area contributed by atoms with Gasteiger partial charge in [-0.1, -0.05) is 17.4 Å². The number of carbonyl (C=O) groups excluding carboxylic acids is 1. The molecule has 178 valence electrons. The molecule has 2 fully saturated rings. The number of hydrogen-bond acceptors (Lipinski definition) is 5. The number of carbonyl (C=O) groups is 1. The Morgan fingerprint density at radius 1 is 1.18 bits per heavy atom. The van der Waals surface area contributed by atoms with Crippen molar-refractivity contribution in [1.82, 2.24) is 4.57 Å². The lowest BCUT2D eigenvalue weighted by molar-refractivity contribution is -0.137. The van der Waals surface area contributed by atoms with E-state index in [2.05, 4.69) is 5.32 Å². The molecule has 3 heterocycles.